The zero-order valence-electron chi connectivity index (χ0n) is 11.0. The Morgan fingerprint density at radius 2 is 2.05 bits per heavy atom. The largest absolute Gasteiger partial charge is 0.398 e. The van der Waals surface area contributed by atoms with Crippen LogP contribution in [-0.2, 0) is 13.0 Å². The average molecular weight is 273 g/mol. The second kappa shape index (κ2) is 4.78. The molecule has 1 heterocycles. The number of nitrogen functional groups attached to an aromatic ring is 1. The van der Waals surface area contributed by atoms with Gasteiger partial charge in [-0.2, -0.15) is 0 Å². The highest BCUT2D eigenvalue weighted by Crippen LogP contribution is 2.33. The molecule has 2 aromatic rings. The summed E-state index contributed by atoms with van der Waals surface area (Å²) in [6, 6.07) is 12.3. The third kappa shape index (κ3) is 2.28. The molecule has 98 valence electrons. The van der Waals surface area contributed by atoms with Gasteiger partial charge in [0.25, 0.3) is 0 Å². The molecule has 0 aliphatic carbocycles. The summed E-state index contributed by atoms with van der Waals surface area (Å²) >= 11 is 6.23. The number of hydrogen-bond donors (Lipinski definition) is 1. The molecule has 2 N–H and O–H groups in total. The van der Waals surface area contributed by atoms with E-state index in [0.717, 1.165) is 35.8 Å². The fraction of sp³-hybridized carbons (Fsp3) is 0.250. The molecule has 0 bridgehead atoms. The lowest BCUT2D eigenvalue weighted by Gasteiger charge is -2.20. The van der Waals surface area contributed by atoms with Crippen LogP contribution in [0, 0.1) is 6.92 Å². The lowest BCUT2D eigenvalue weighted by Crippen LogP contribution is -2.19. The van der Waals surface area contributed by atoms with Crippen molar-refractivity contribution in [2.24, 2.45) is 0 Å². The molecule has 0 radical (unpaired) electrons. The fourth-order valence-electron chi connectivity index (χ4n) is 2.64. The van der Waals surface area contributed by atoms with E-state index in [0.29, 0.717) is 0 Å². The molecule has 1 aliphatic rings. The van der Waals surface area contributed by atoms with Crippen molar-refractivity contribution in [3.05, 3.63) is 58.1 Å². The molecule has 0 unspecified atom stereocenters. The van der Waals surface area contributed by atoms with Gasteiger partial charge in [0.1, 0.15) is 0 Å². The Kier molecular flexibility index (Phi) is 3.11. The van der Waals surface area contributed by atoms with Gasteiger partial charge in [-0.25, -0.2) is 0 Å². The van der Waals surface area contributed by atoms with Crippen molar-refractivity contribution >= 4 is 23.0 Å². The summed E-state index contributed by atoms with van der Waals surface area (Å²) in [7, 11) is 0. The molecule has 0 spiro atoms. The van der Waals surface area contributed by atoms with Crippen molar-refractivity contribution in [3.8, 4) is 0 Å². The first kappa shape index (κ1) is 12.4. The van der Waals surface area contributed by atoms with Gasteiger partial charge >= 0.3 is 0 Å². The third-order valence-electron chi connectivity index (χ3n) is 3.78. The van der Waals surface area contributed by atoms with Crippen molar-refractivity contribution in [1.82, 2.24) is 0 Å². The van der Waals surface area contributed by atoms with Crippen LogP contribution in [0.2, 0.25) is 5.02 Å². The summed E-state index contributed by atoms with van der Waals surface area (Å²) in [5, 5.41) is 0.830. The van der Waals surface area contributed by atoms with Crippen molar-refractivity contribution in [2.45, 2.75) is 19.9 Å². The average Bonchev–Trinajstić information content (AvgIpc) is 2.76. The zero-order valence-corrected chi connectivity index (χ0v) is 11.7. The molecule has 0 saturated heterocycles. The summed E-state index contributed by atoms with van der Waals surface area (Å²) in [5.41, 5.74) is 11.9. The smallest absolute Gasteiger partial charge is 0.0455 e. The topological polar surface area (TPSA) is 29.3 Å². The summed E-state index contributed by atoms with van der Waals surface area (Å²) in [6.45, 7) is 3.94. The van der Waals surface area contributed by atoms with Crippen molar-refractivity contribution < 1.29 is 0 Å². The van der Waals surface area contributed by atoms with Gasteiger partial charge < -0.3 is 10.6 Å². The van der Waals surface area contributed by atoms with Crippen molar-refractivity contribution in [2.75, 3.05) is 17.2 Å². The predicted octanol–water partition coefficient (Wildman–Crippen LogP) is 3.79. The second-order valence-corrected chi connectivity index (χ2v) is 5.51. The van der Waals surface area contributed by atoms with Crippen LogP contribution in [0.5, 0.6) is 0 Å². The van der Waals surface area contributed by atoms with E-state index in [1.807, 2.05) is 18.2 Å². The number of rotatable bonds is 2. The second-order valence-electron chi connectivity index (χ2n) is 5.10. The number of benzene rings is 2. The van der Waals surface area contributed by atoms with Crippen LogP contribution >= 0.6 is 11.6 Å². The van der Waals surface area contributed by atoms with Crippen LogP contribution in [0.15, 0.2) is 36.4 Å². The Bertz CT molecular complexity index is 622. The molecule has 0 amide bonds. The van der Waals surface area contributed by atoms with Crippen molar-refractivity contribution in [1.29, 1.82) is 0 Å². The van der Waals surface area contributed by atoms with E-state index in [2.05, 4.69) is 30.0 Å². The van der Waals surface area contributed by atoms with Crippen LogP contribution in [0.1, 0.15) is 16.7 Å². The van der Waals surface area contributed by atoms with Gasteiger partial charge in [0.15, 0.2) is 0 Å². The first-order valence-electron chi connectivity index (χ1n) is 6.52. The minimum Gasteiger partial charge on any atom is -0.398 e. The summed E-state index contributed by atoms with van der Waals surface area (Å²) in [4.78, 5) is 2.35. The van der Waals surface area contributed by atoms with Crippen LogP contribution in [-0.4, -0.2) is 6.54 Å². The van der Waals surface area contributed by atoms with Crippen LogP contribution in [0.3, 0.4) is 0 Å². The van der Waals surface area contributed by atoms with Gasteiger partial charge in [0.05, 0.1) is 0 Å². The normalized spacial score (nSPS) is 13.7. The van der Waals surface area contributed by atoms with Gasteiger partial charge in [-0.3, -0.25) is 0 Å². The van der Waals surface area contributed by atoms with Gasteiger partial charge in [-0.05, 0) is 42.2 Å². The van der Waals surface area contributed by atoms with Gasteiger partial charge in [0, 0.05) is 29.5 Å². The molecule has 0 fully saturated rings. The highest BCUT2D eigenvalue weighted by molar-refractivity contribution is 6.31. The first-order valence-corrected chi connectivity index (χ1v) is 6.90. The van der Waals surface area contributed by atoms with E-state index in [1.54, 1.807) is 0 Å². The molecular formula is C16H17ClN2. The Morgan fingerprint density at radius 1 is 1.26 bits per heavy atom. The molecular weight excluding hydrogens is 256 g/mol. The molecule has 3 heteroatoms. The number of anilines is 2. The highest BCUT2D eigenvalue weighted by atomic mass is 35.5. The maximum atomic E-state index is 6.23. The van der Waals surface area contributed by atoms with Crippen molar-refractivity contribution in [3.63, 3.8) is 0 Å². The van der Waals surface area contributed by atoms with E-state index in [4.69, 9.17) is 17.3 Å². The SMILES string of the molecule is Cc1cc2c(cc1N)N(Cc1ccccc1Cl)CC2. The number of nitrogens with two attached hydrogens (primary N) is 1. The number of fused-ring (bicyclic) bond motifs is 1. The lowest BCUT2D eigenvalue weighted by molar-refractivity contribution is 0.836. The van der Waals surface area contributed by atoms with Gasteiger partial charge in [0.2, 0.25) is 0 Å². The maximum absolute atomic E-state index is 6.23. The van der Waals surface area contributed by atoms with E-state index < -0.39 is 0 Å². The van der Waals surface area contributed by atoms with Crippen LogP contribution < -0.4 is 10.6 Å². The minimum atomic E-state index is 0.830. The summed E-state index contributed by atoms with van der Waals surface area (Å²) < 4.78 is 0. The molecule has 0 atom stereocenters. The predicted molar refractivity (Wildman–Crippen MR) is 81.8 cm³/mol. The molecule has 3 rings (SSSR count). The zero-order chi connectivity index (χ0) is 13.4. The first-order chi connectivity index (χ1) is 9.15. The standard InChI is InChI=1S/C16H17ClN2/c1-11-8-12-6-7-19(16(12)9-15(11)18)10-13-4-2-3-5-14(13)17/h2-5,8-9H,6-7,10,18H2,1H3. The highest BCUT2D eigenvalue weighted by Gasteiger charge is 2.20. The molecule has 2 aromatic carbocycles. The maximum Gasteiger partial charge on any atom is 0.0455 e. The minimum absolute atomic E-state index is 0.830. The summed E-state index contributed by atoms with van der Waals surface area (Å²) in [5.74, 6) is 0. The van der Waals surface area contributed by atoms with Crippen LogP contribution in [0.25, 0.3) is 0 Å². The van der Waals surface area contributed by atoms with Gasteiger partial charge in [-0.15, -0.1) is 0 Å². The Labute approximate surface area is 118 Å². The lowest BCUT2D eigenvalue weighted by atomic mass is 10.1. The van der Waals surface area contributed by atoms with Crippen LogP contribution in [0.4, 0.5) is 11.4 Å². The van der Waals surface area contributed by atoms with E-state index >= 15 is 0 Å². The van der Waals surface area contributed by atoms with E-state index in [9.17, 15) is 0 Å². The van der Waals surface area contributed by atoms with E-state index in [1.165, 1.54) is 16.8 Å². The molecule has 1 aliphatic heterocycles. The monoisotopic (exact) mass is 272 g/mol. The Hall–Kier alpha value is -1.67. The molecule has 0 saturated carbocycles. The molecule has 2 nitrogen and oxygen atoms in total. The fourth-order valence-corrected chi connectivity index (χ4v) is 2.83. The Balaban J connectivity index is 1.91. The van der Waals surface area contributed by atoms with E-state index in [-0.39, 0.29) is 0 Å². The van der Waals surface area contributed by atoms with Gasteiger partial charge in [-0.1, -0.05) is 35.9 Å². The quantitative estimate of drug-likeness (QED) is 0.843. The Morgan fingerprint density at radius 3 is 2.84 bits per heavy atom. The number of aryl methyl sites for hydroxylation is 1. The number of hydrogen-bond acceptors (Lipinski definition) is 2. The number of nitrogens with zero attached hydrogens (tertiary/aromatic N) is 1. The molecule has 0 aromatic heterocycles. The third-order valence-corrected chi connectivity index (χ3v) is 4.15. The number of halogens is 1. The molecule has 19 heavy (non-hydrogen) atoms. The summed E-state index contributed by atoms with van der Waals surface area (Å²) in [6.07, 6.45) is 1.08.